The van der Waals surface area contributed by atoms with Crippen molar-refractivity contribution >= 4 is 21.8 Å². The van der Waals surface area contributed by atoms with Crippen molar-refractivity contribution in [2.45, 2.75) is 106 Å². The summed E-state index contributed by atoms with van der Waals surface area (Å²) in [5.41, 5.74) is 8.95. The smallest absolute Gasteiger partial charge is 0.267 e. The van der Waals surface area contributed by atoms with Crippen molar-refractivity contribution in [3.05, 3.63) is 156 Å². The summed E-state index contributed by atoms with van der Waals surface area (Å²) < 4.78 is 30.8. The van der Waals surface area contributed by atoms with E-state index in [-0.39, 0.29) is 37.3 Å². The van der Waals surface area contributed by atoms with Gasteiger partial charge in [-0.25, -0.2) is 4.98 Å². The van der Waals surface area contributed by atoms with Crippen LogP contribution in [0.2, 0.25) is 0 Å². The number of hydrogen-bond donors (Lipinski definition) is 0. The Morgan fingerprint density at radius 3 is 2.03 bits per heavy atom. The molecule has 0 aliphatic heterocycles. The van der Waals surface area contributed by atoms with Gasteiger partial charge in [0.25, 0.3) is 6.33 Å². The first-order valence-corrected chi connectivity index (χ1v) is 20.8. The molecular weight excluding hydrogens is 930 g/mol. The van der Waals surface area contributed by atoms with Gasteiger partial charge < -0.3 is 18.9 Å². The molecule has 0 saturated heterocycles. The van der Waals surface area contributed by atoms with E-state index in [0.717, 1.165) is 38.8 Å². The van der Waals surface area contributed by atoms with E-state index < -0.39 is 11.8 Å². The van der Waals surface area contributed by atoms with Crippen LogP contribution in [-0.2, 0) is 43.7 Å². The van der Waals surface area contributed by atoms with Crippen LogP contribution in [0.5, 0.6) is 11.5 Å². The van der Waals surface area contributed by atoms with Crippen molar-refractivity contribution in [3.8, 4) is 39.9 Å². The second-order valence-corrected chi connectivity index (χ2v) is 20.0. The van der Waals surface area contributed by atoms with Gasteiger partial charge in [0, 0.05) is 53.2 Å². The summed E-state index contributed by atoms with van der Waals surface area (Å²) in [5, 5.41) is 2.05. The number of ether oxygens (including phenoxy) is 1. The van der Waals surface area contributed by atoms with Crippen LogP contribution in [-0.4, -0.2) is 19.1 Å². The van der Waals surface area contributed by atoms with Crippen LogP contribution in [0, 0.1) is 23.9 Å². The Kier molecular flexibility index (Phi) is 10.9. The van der Waals surface area contributed by atoms with E-state index in [4.69, 9.17) is 12.5 Å². The van der Waals surface area contributed by atoms with E-state index >= 15 is 0 Å². The molecule has 0 amide bonds. The Labute approximate surface area is 379 Å². The molecule has 8 rings (SSSR count). The quantitative estimate of drug-likeness (QED) is 0.118. The monoisotopic (exact) mass is 988 g/mol. The Morgan fingerprint density at radius 1 is 0.689 bits per heavy atom. The fourth-order valence-corrected chi connectivity index (χ4v) is 7.51. The van der Waals surface area contributed by atoms with Crippen molar-refractivity contribution < 1.29 is 33.1 Å². The number of hydrogen-bond acceptors (Lipinski definition) is 3. The molecule has 6 nitrogen and oxygen atoms in total. The molecule has 0 radical (unpaired) electrons. The zero-order chi connectivity index (χ0) is 44.6. The molecule has 0 bridgehead atoms. The summed E-state index contributed by atoms with van der Waals surface area (Å²) in [6.45, 7) is 25.9. The molecule has 8 aromatic rings. The van der Waals surface area contributed by atoms with Gasteiger partial charge >= 0.3 is 0 Å². The first-order valence-electron chi connectivity index (χ1n) is 21.8. The van der Waals surface area contributed by atoms with E-state index in [2.05, 4.69) is 168 Å². The maximum Gasteiger partial charge on any atom is 0.267 e. The maximum absolute atomic E-state index is 9.05. The molecule has 0 N–H and O–H groups in total. The largest absolute Gasteiger partial charge is 0.508 e. The van der Waals surface area contributed by atoms with Gasteiger partial charge in [-0.3, -0.25) is 4.57 Å². The van der Waals surface area contributed by atoms with Crippen molar-refractivity contribution in [1.82, 2.24) is 19.1 Å². The molecule has 316 valence electrons. The number of rotatable bonds is 7. The van der Waals surface area contributed by atoms with E-state index in [1.165, 1.54) is 16.7 Å². The third-order valence-corrected chi connectivity index (χ3v) is 10.8. The van der Waals surface area contributed by atoms with Gasteiger partial charge in [-0.05, 0) is 103 Å². The molecule has 0 aliphatic rings. The normalized spacial score (nSPS) is 13.2. The minimum atomic E-state index is -1.60. The Morgan fingerprint density at radius 2 is 1.38 bits per heavy atom. The summed E-state index contributed by atoms with van der Waals surface area (Å²) in [6.07, 6.45) is 9.21. The minimum Gasteiger partial charge on any atom is -0.508 e. The standard InChI is InChI=1S/C54H57N5O.Pt/c1-51(2,3)31-36-22-23-56-50(24-36)59-47-21-18-38(52(4,5)6)28-46(47)45-20-19-43(30-48(45)59)60-44-29-42(32-55-33-44)57-34-49(37-16-14-13-15-17-37)58(35-57)41-26-39(53(7,8)9)25-40(27-41)54(10,11)12;/h13-28,32-34H,31H2,1-12H3;/q-2;/i31D2;. The third-order valence-electron chi connectivity index (χ3n) is 10.8. The molecular formula is C54H57N5OPt-2. The van der Waals surface area contributed by atoms with Crippen LogP contribution in [0.1, 0.15) is 108 Å². The van der Waals surface area contributed by atoms with Gasteiger partial charge in [0.2, 0.25) is 0 Å². The fraction of sp³-hybridized carbons (Fsp3) is 0.315. The van der Waals surface area contributed by atoms with Crippen molar-refractivity contribution in [2.24, 2.45) is 5.41 Å². The van der Waals surface area contributed by atoms with Crippen molar-refractivity contribution in [3.63, 3.8) is 0 Å². The predicted octanol–water partition coefficient (Wildman–Crippen LogP) is 13.0. The van der Waals surface area contributed by atoms with Crippen LogP contribution in [0.4, 0.5) is 0 Å². The Bertz CT molecular complexity index is 2920. The fourth-order valence-electron chi connectivity index (χ4n) is 7.51. The van der Waals surface area contributed by atoms with Crippen molar-refractivity contribution in [1.29, 1.82) is 0 Å². The second kappa shape index (κ2) is 16.2. The molecule has 0 fully saturated rings. The molecule has 61 heavy (non-hydrogen) atoms. The Balaban J connectivity index is 0.00000595. The van der Waals surface area contributed by atoms with E-state index in [0.29, 0.717) is 28.6 Å². The van der Waals surface area contributed by atoms with Gasteiger partial charge in [0.15, 0.2) is 0 Å². The Hall–Kier alpha value is -5.32. The average Bonchev–Trinajstić information content (AvgIpc) is 3.80. The van der Waals surface area contributed by atoms with E-state index in [1.54, 1.807) is 24.7 Å². The summed E-state index contributed by atoms with van der Waals surface area (Å²) in [4.78, 5) is 9.42. The van der Waals surface area contributed by atoms with Gasteiger partial charge in [-0.15, -0.1) is 23.6 Å². The first kappa shape index (κ1) is 41.1. The van der Waals surface area contributed by atoms with Crippen LogP contribution in [0.3, 0.4) is 0 Å². The van der Waals surface area contributed by atoms with Gasteiger partial charge in [-0.2, -0.15) is 6.07 Å². The molecule has 0 saturated carbocycles. The van der Waals surface area contributed by atoms with Gasteiger partial charge in [-0.1, -0.05) is 143 Å². The molecule has 4 aromatic carbocycles. The molecule has 0 spiro atoms. The van der Waals surface area contributed by atoms with Crippen LogP contribution < -0.4 is 9.30 Å². The molecule has 4 heterocycles. The summed E-state index contributed by atoms with van der Waals surface area (Å²) in [7, 11) is 0. The minimum absolute atomic E-state index is 0. The van der Waals surface area contributed by atoms with Crippen LogP contribution in [0.15, 0.2) is 116 Å². The summed E-state index contributed by atoms with van der Waals surface area (Å²) in [6, 6.07) is 38.4. The maximum atomic E-state index is 9.05. The summed E-state index contributed by atoms with van der Waals surface area (Å²) in [5.74, 6) is 1.52. The average molecular weight is 989 g/mol. The molecule has 0 atom stereocenters. The number of imidazole rings is 1. The summed E-state index contributed by atoms with van der Waals surface area (Å²) >= 11 is 0. The SMILES string of the molecule is [2H]C([2H])(c1ccnc(-n2c3[c-]c(Oc4[c-]c(-n5[c-][n+](-c6cc(C(C)(C)C)cc(C(C)(C)C)c6)c(-c6ccccc6)c5)cnc4)ccc3c3cc(C(C)(C)C)ccc32)c1)C(C)(C)C.[Pt]. The molecule has 0 unspecified atom stereocenters. The molecule has 0 aliphatic carbocycles. The third kappa shape index (κ3) is 9.31. The first-order chi connectivity index (χ1) is 29.0. The van der Waals surface area contributed by atoms with Gasteiger partial charge in [0.1, 0.15) is 5.82 Å². The number of nitrogens with zero attached hydrogens (tertiary/aromatic N) is 5. The number of aromatic nitrogens is 5. The second-order valence-electron chi connectivity index (χ2n) is 20.0. The van der Waals surface area contributed by atoms with Crippen LogP contribution >= 0.6 is 0 Å². The predicted molar refractivity (Wildman–Crippen MR) is 245 cm³/mol. The molecule has 7 heteroatoms. The number of fused-ring (bicyclic) bond motifs is 3. The van der Waals surface area contributed by atoms with Crippen LogP contribution in [0.25, 0.3) is 50.3 Å². The van der Waals surface area contributed by atoms with Gasteiger partial charge in [0.05, 0.1) is 11.4 Å². The number of pyridine rings is 2. The molecule has 4 aromatic heterocycles. The zero-order valence-electron chi connectivity index (χ0n) is 39.4. The van der Waals surface area contributed by atoms with Crippen molar-refractivity contribution in [2.75, 3.05) is 0 Å². The van der Waals surface area contributed by atoms with E-state index in [9.17, 15) is 0 Å². The topological polar surface area (TPSA) is 48.8 Å². The zero-order valence-corrected chi connectivity index (χ0v) is 39.7. The van der Waals surface area contributed by atoms with E-state index in [1.807, 2.05) is 43.5 Å². The number of benzene rings is 4.